The van der Waals surface area contributed by atoms with E-state index >= 15 is 0 Å². The van der Waals surface area contributed by atoms with Crippen molar-refractivity contribution in [2.45, 2.75) is 6.04 Å². The van der Waals surface area contributed by atoms with Gasteiger partial charge in [-0.15, -0.1) is 0 Å². The van der Waals surface area contributed by atoms with Gasteiger partial charge in [0.1, 0.15) is 5.82 Å². The van der Waals surface area contributed by atoms with Crippen LogP contribution in [0.25, 0.3) is 0 Å². The maximum absolute atomic E-state index is 13.6. The van der Waals surface area contributed by atoms with Crippen LogP contribution in [0.15, 0.2) is 53.0 Å². The zero-order chi connectivity index (χ0) is 13.8. The second-order valence-corrected chi connectivity index (χ2v) is 4.87. The molecule has 0 fully saturated rings. The van der Waals surface area contributed by atoms with Crippen molar-refractivity contribution in [2.75, 3.05) is 5.32 Å². The highest BCUT2D eigenvalue weighted by atomic mass is 79.9. The van der Waals surface area contributed by atoms with Crippen LogP contribution in [-0.2, 0) is 4.79 Å². The van der Waals surface area contributed by atoms with Crippen molar-refractivity contribution >= 4 is 27.6 Å². The van der Waals surface area contributed by atoms with Crippen molar-refractivity contribution in [3.05, 3.63) is 64.4 Å². The molecule has 0 amide bonds. The summed E-state index contributed by atoms with van der Waals surface area (Å²) in [5, 5.41) is 12.0. The number of nitrogens with one attached hydrogen (secondary N) is 1. The Morgan fingerprint density at radius 2 is 1.89 bits per heavy atom. The summed E-state index contributed by atoms with van der Waals surface area (Å²) >= 11 is 3.23. The molecule has 0 saturated carbocycles. The number of anilines is 1. The van der Waals surface area contributed by atoms with Gasteiger partial charge in [-0.2, -0.15) is 0 Å². The summed E-state index contributed by atoms with van der Waals surface area (Å²) in [5.41, 5.74) is 0.708. The zero-order valence-electron chi connectivity index (χ0n) is 9.81. The first-order chi connectivity index (χ1) is 9.08. The summed E-state index contributed by atoms with van der Waals surface area (Å²) in [6, 6.07) is 12.0. The van der Waals surface area contributed by atoms with Crippen molar-refractivity contribution in [3.8, 4) is 0 Å². The predicted molar refractivity (Wildman–Crippen MR) is 74.5 cm³/mol. The molecule has 2 N–H and O–H groups in total. The molecule has 0 saturated heterocycles. The lowest BCUT2D eigenvalue weighted by Gasteiger charge is -2.16. The number of hydrogen-bond acceptors (Lipinski definition) is 2. The summed E-state index contributed by atoms with van der Waals surface area (Å²) in [4.78, 5) is 11.3. The minimum atomic E-state index is -1.06. The number of aliphatic carboxylic acids is 1. The average molecular weight is 324 g/mol. The van der Waals surface area contributed by atoms with E-state index in [1.807, 2.05) is 0 Å². The number of rotatable bonds is 4. The van der Waals surface area contributed by atoms with Gasteiger partial charge < -0.3 is 10.4 Å². The number of halogens is 2. The fourth-order valence-electron chi connectivity index (χ4n) is 1.70. The Bertz CT molecular complexity index is 589. The van der Waals surface area contributed by atoms with Crippen LogP contribution < -0.4 is 5.32 Å². The molecule has 0 aliphatic rings. The van der Waals surface area contributed by atoms with Gasteiger partial charge in [0, 0.05) is 4.47 Å². The Morgan fingerprint density at radius 3 is 2.53 bits per heavy atom. The lowest BCUT2D eigenvalue weighted by molar-refractivity contribution is -0.138. The van der Waals surface area contributed by atoms with Crippen molar-refractivity contribution in [3.63, 3.8) is 0 Å². The highest BCUT2D eigenvalue weighted by Gasteiger charge is 2.20. The van der Waals surface area contributed by atoms with Crippen LogP contribution in [0.1, 0.15) is 11.6 Å². The summed E-state index contributed by atoms with van der Waals surface area (Å²) in [6.45, 7) is 0. The van der Waals surface area contributed by atoms with Gasteiger partial charge in [0.25, 0.3) is 0 Å². The van der Waals surface area contributed by atoms with E-state index in [0.29, 0.717) is 10.0 Å². The summed E-state index contributed by atoms with van der Waals surface area (Å²) in [6.07, 6.45) is 0. The summed E-state index contributed by atoms with van der Waals surface area (Å²) in [7, 11) is 0. The minimum Gasteiger partial charge on any atom is -0.479 e. The average Bonchev–Trinajstić information content (AvgIpc) is 2.40. The van der Waals surface area contributed by atoms with Crippen molar-refractivity contribution < 1.29 is 14.3 Å². The first-order valence-electron chi connectivity index (χ1n) is 5.57. The van der Waals surface area contributed by atoms with Gasteiger partial charge in [-0.25, -0.2) is 9.18 Å². The molecule has 2 aromatic carbocycles. The fraction of sp³-hybridized carbons (Fsp3) is 0.0714. The van der Waals surface area contributed by atoms with Gasteiger partial charge in [0.15, 0.2) is 6.04 Å². The van der Waals surface area contributed by atoms with Crippen LogP contribution in [0.4, 0.5) is 10.1 Å². The molecule has 2 aromatic rings. The molecule has 2 rings (SSSR count). The van der Waals surface area contributed by atoms with E-state index in [1.54, 1.807) is 36.4 Å². The minimum absolute atomic E-state index is 0.144. The van der Waals surface area contributed by atoms with Gasteiger partial charge >= 0.3 is 5.97 Å². The lowest BCUT2D eigenvalue weighted by atomic mass is 10.1. The standard InChI is InChI=1S/C14H11BrFNO2/c15-10-6-7-11(16)12(8-10)17-13(14(18)19)9-4-2-1-3-5-9/h1-8,13,17H,(H,18,19). The molecule has 0 aliphatic carbocycles. The maximum Gasteiger partial charge on any atom is 0.330 e. The molecule has 0 radical (unpaired) electrons. The molecule has 0 spiro atoms. The second-order valence-electron chi connectivity index (χ2n) is 3.95. The van der Waals surface area contributed by atoms with E-state index in [1.165, 1.54) is 12.1 Å². The van der Waals surface area contributed by atoms with Gasteiger partial charge in [0.05, 0.1) is 5.69 Å². The molecule has 0 aliphatic heterocycles. The highest BCUT2D eigenvalue weighted by Crippen LogP contribution is 2.25. The summed E-state index contributed by atoms with van der Waals surface area (Å²) < 4.78 is 14.3. The third kappa shape index (κ3) is 3.32. The molecule has 5 heteroatoms. The molecular weight excluding hydrogens is 313 g/mol. The van der Waals surface area contributed by atoms with E-state index in [-0.39, 0.29) is 5.69 Å². The Labute approximate surface area is 118 Å². The highest BCUT2D eigenvalue weighted by molar-refractivity contribution is 9.10. The van der Waals surface area contributed by atoms with Crippen LogP contribution in [0.5, 0.6) is 0 Å². The molecular formula is C14H11BrFNO2. The molecule has 0 aromatic heterocycles. The topological polar surface area (TPSA) is 49.3 Å². The van der Waals surface area contributed by atoms with Gasteiger partial charge in [0.2, 0.25) is 0 Å². The Balaban J connectivity index is 2.32. The van der Waals surface area contributed by atoms with E-state index in [9.17, 15) is 14.3 Å². The smallest absolute Gasteiger partial charge is 0.330 e. The van der Waals surface area contributed by atoms with E-state index in [2.05, 4.69) is 21.2 Å². The predicted octanol–water partition coefficient (Wildman–Crippen LogP) is 3.83. The normalized spacial score (nSPS) is 11.9. The molecule has 98 valence electrons. The van der Waals surface area contributed by atoms with Crippen LogP contribution in [0.2, 0.25) is 0 Å². The molecule has 3 nitrogen and oxygen atoms in total. The largest absolute Gasteiger partial charge is 0.479 e. The van der Waals surface area contributed by atoms with Crippen molar-refractivity contribution in [1.82, 2.24) is 0 Å². The molecule has 1 atom stereocenters. The quantitative estimate of drug-likeness (QED) is 0.899. The number of benzene rings is 2. The van der Waals surface area contributed by atoms with Crippen LogP contribution >= 0.6 is 15.9 Å². The Morgan fingerprint density at radius 1 is 1.21 bits per heavy atom. The van der Waals surface area contributed by atoms with Gasteiger partial charge in [-0.3, -0.25) is 0 Å². The van der Waals surface area contributed by atoms with E-state index < -0.39 is 17.8 Å². The Kier molecular flexibility index (Phi) is 4.16. The molecule has 19 heavy (non-hydrogen) atoms. The maximum atomic E-state index is 13.6. The molecule has 0 heterocycles. The number of carbonyl (C=O) groups is 1. The van der Waals surface area contributed by atoms with Crippen molar-refractivity contribution in [2.24, 2.45) is 0 Å². The first-order valence-corrected chi connectivity index (χ1v) is 6.36. The number of carboxylic acid groups (broad SMARTS) is 1. The third-order valence-electron chi connectivity index (χ3n) is 2.61. The zero-order valence-corrected chi connectivity index (χ0v) is 11.4. The SMILES string of the molecule is O=C(O)C(Nc1cc(Br)ccc1F)c1ccccc1. The molecule has 1 unspecified atom stereocenters. The molecule has 0 bridgehead atoms. The third-order valence-corrected chi connectivity index (χ3v) is 3.10. The van der Waals surface area contributed by atoms with Crippen LogP contribution in [0.3, 0.4) is 0 Å². The van der Waals surface area contributed by atoms with E-state index in [0.717, 1.165) is 0 Å². The van der Waals surface area contributed by atoms with Crippen LogP contribution in [-0.4, -0.2) is 11.1 Å². The number of carboxylic acids is 1. The van der Waals surface area contributed by atoms with Crippen LogP contribution in [0, 0.1) is 5.82 Å². The Hall–Kier alpha value is -1.88. The summed E-state index contributed by atoms with van der Waals surface area (Å²) in [5.74, 6) is -1.56. The van der Waals surface area contributed by atoms with Crippen molar-refractivity contribution in [1.29, 1.82) is 0 Å². The van der Waals surface area contributed by atoms with Gasteiger partial charge in [-0.1, -0.05) is 46.3 Å². The fourth-order valence-corrected chi connectivity index (χ4v) is 2.06. The van der Waals surface area contributed by atoms with E-state index in [4.69, 9.17) is 0 Å². The monoisotopic (exact) mass is 323 g/mol. The first kappa shape index (κ1) is 13.5. The lowest BCUT2D eigenvalue weighted by Crippen LogP contribution is -2.21. The van der Waals surface area contributed by atoms with Gasteiger partial charge in [-0.05, 0) is 23.8 Å². The number of hydrogen-bond donors (Lipinski definition) is 2. The second kappa shape index (κ2) is 5.84.